The van der Waals surface area contributed by atoms with E-state index in [1.165, 1.54) is 0 Å². The monoisotopic (exact) mass is 323 g/mol. The Morgan fingerprint density at radius 2 is 2.26 bits per heavy atom. The summed E-state index contributed by atoms with van der Waals surface area (Å²) in [5.74, 6) is -0.198. The number of ether oxygens (including phenoxy) is 1. The zero-order valence-corrected chi connectivity index (χ0v) is 12.9. The highest BCUT2D eigenvalue weighted by Crippen LogP contribution is 2.30. The van der Waals surface area contributed by atoms with Gasteiger partial charge in [-0.15, -0.1) is 11.3 Å². The molecule has 106 valence electrons. The van der Waals surface area contributed by atoms with Crippen LogP contribution in [0.1, 0.15) is 22.3 Å². The first-order chi connectivity index (χ1) is 8.82. The lowest BCUT2D eigenvalue weighted by atomic mass is 10.1. The highest BCUT2D eigenvalue weighted by atomic mass is 35.7. The van der Waals surface area contributed by atoms with Crippen LogP contribution in [0.15, 0.2) is 9.59 Å². The average Bonchev–Trinajstić information content (AvgIpc) is 2.94. The van der Waals surface area contributed by atoms with Gasteiger partial charge in [-0.05, 0) is 18.9 Å². The summed E-state index contributed by atoms with van der Waals surface area (Å²) in [6.45, 7) is 2.76. The van der Waals surface area contributed by atoms with Crippen molar-refractivity contribution in [3.8, 4) is 0 Å². The summed E-state index contributed by atoms with van der Waals surface area (Å²) in [5, 5.41) is 1.54. The molecule has 2 rings (SSSR count). The van der Waals surface area contributed by atoms with Crippen molar-refractivity contribution in [2.24, 2.45) is 0 Å². The molecular weight excluding hydrogens is 310 g/mol. The first-order valence-electron chi connectivity index (χ1n) is 5.70. The maximum atomic E-state index is 12.3. The van der Waals surface area contributed by atoms with Crippen molar-refractivity contribution in [3.05, 3.63) is 16.5 Å². The zero-order valence-electron chi connectivity index (χ0n) is 10.6. The van der Waals surface area contributed by atoms with E-state index in [1.54, 1.807) is 24.3 Å². The van der Waals surface area contributed by atoms with Crippen molar-refractivity contribution in [1.82, 2.24) is 4.90 Å². The van der Waals surface area contributed by atoms with E-state index in [2.05, 4.69) is 0 Å². The summed E-state index contributed by atoms with van der Waals surface area (Å²) in [5.41, 5.74) is 0.800. The molecule has 0 aromatic carbocycles. The summed E-state index contributed by atoms with van der Waals surface area (Å²) in [4.78, 5) is 13.9. The van der Waals surface area contributed by atoms with Crippen LogP contribution in [0, 0.1) is 6.92 Å². The number of thiophene rings is 1. The second-order valence-electron chi connectivity index (χ2n) is 4.43. The molecule has 0 radical (unpaired) electrons. The molecule has 5 nitrogen and oxygen atoms in total. The fraction of sp³-hybridized carbons (Fsp3) is 0.545. The molecule has 0 saturated carbocycles. The molecule has 1 atom stereocenters. The van der Waals surface area contributed by atoms with Gasteiger partial charge in [0.25, 0.3) is 15.0 Å². The van der Waals surface area contributed by atoms with Crippen LogP contribution in [-0.2, 0) is 13.8 Å². The normalized spacial score (nSPS) is 19.6. The molecule has 0 N–H and O–H groups in total. The van der Waals surface area contributed by atoms with Crippen LogP contribution in [-0.4, -0.2) is 45.5 Å². The van der Waals surface area contributed by atoms with Crippen molar-refractivity contribution in [2.45, 2.75) is 23.6 Å². The minimum absolute atomic E-state index is 0.0357. The molecule has 0 spiro atoms. The van der Waals surface area contributed by atoms with Crippen LogP contribution < -0.4 is 0 Å². The lowest BCUT2D eigenvalue weighted by molar-refractivity contribution is 0.0711. The molecule has 8 heteroatoms. The lowest BCUT2D eigenvalue weighted by Gasteiger charge is -2.23. The van der Waals surface area contributed by atoms with Gasteiger partial charge in [-0.3, -0.25) is 4.79 Å². The number of hydrogen-bond acceptors (Lipinski definition) is 5. The maximum absolute atomic E-state index is 12.3. The summed E-state index contributed by atoms with van der Waals surface area (Å²) in [6.07, 6.45) is 0.798. The van der Waals surface area contributed by atoms with Crippen LogP contribution in [0.4, 0.5) is 0 Å². The standard InChI is InChI=1S/C11H14ClNO4S2/c1-7-9(6-18-11(7)19(12,15)16)10(14)13(2)8-3-4-17-5-8/h6,8H,3-5H2,1-2H3. The van der Waals surface area contributed by atoms with Crippen molar-refractivity contribution in [1.29, 1.82) is 0 Å². The summed E-state index contributed by atoms with van der Waals surface area (Å²) >= 11 is 0.973. The Kier molecular flexibility index (Phi) is 4.20. The fourth-order valence-corrected chi connectivity index (χ4v) is 4.58. The van der Waals surface area contributed by atoms with E-state index < -0.39 is 9.05 Å². The largest absolute Gasteiger partial charge is 0.379 e. The van der Waals surface area contributed by atoms with Crippen LogP contribution in [0.25, 0.3) is 0 Å². The van der Waals surface area contributed by atoms with Crippen LogP contribution in [0.5, 0.6) is 0 Å². The Morgan fingerprint density at radius 1 is 1.58 bits per heavy atom. The van der Waals surface area contributed by atoms with Gasteiger partial charge in [0.1, 0.15) is 4.21 Å². The molecule has 1 aliphatic rings. The third-order valence-electron chi connectivity index (χ3n) is 3.22. The highest BCUT2D eigenvalue weighted by Gasteiger charge is 2.28. The van der Waals surface area contributed by atoms with Gasteiger partial charge >= 0.3 is 0 Å². The number of halogens is 1. The predicted molar refractivity (Wildman–Crippen MR) is 73.4 cm³/mol. The fourth-order valence-electron chi connectivity index (χ4n) is 2.03. The molecule has 1 aromatic rings. The molecule has 1 saturated heterocycles. The van der Waals surface area contributed by atoms with Gasteiger partial charge in [-0.25, -0.2) is 8.42 Å². The first-order valence-corrected chi connectivity index (χ1v) is 8.89. The Balaban J connectivity index is 2.27. The number of hydrogen-bond donors (Lipinski definition) is 0. The summed E-state index contributed by atoms with van der Waals surface area (Å²) in [6, 6.07) is 0.0443. The molecule has 1 aliphatic heterocycles. The molecule has 19 heavy (non-hydrogen) atoms. The molecule has 1 amide bonds. The SMILES string of the molecule is Cc1c(C(=O)N(C)C2CCOC2)csc1S(=O)(=O)Cl. The number of carbonyl (C=O) groups excluding carboxylic acids is 1. The third kappa shape index (κ3) is 2.94. The predicted octanol–water partition coefficient (Wildman–Crippen LogP) is 1.84. The van der Waals surface area contributed by atoms with Crippen molar-refractivity contribution in [2.75, 3.05) is 20.3 Å². The van der Waals surface area contributed by atoms with Gasteiger partial charge in [0, 0.05) is 29.7 Å². The second kappa shape index (κ2) is 5.40. The van der Waals surface area contributed by atoms with Crippen LogP contribution in [0.2, 0.25) is 0 Å². The smallest absolute Gasteiger partial charge is 0.271 e. The number of likely N-dealkylation sites (N-methyl/N-ethyl adjacent to an activating group) is 1. The molecule has 0 aliphatic carbocycles. The summed E-state index contributed by atoms with van der Waals surface area (Å²) < 4.78 is 28.0. The van der Waals surface area contributed by atoms with Gasteiger partial charge in [-0.1, -0.05) is 0 Å². The van der Waals surface area contributed by atoms with Crippen molar-refractivity contribution >= 4 is 37.0 Å². The minimum Gasteiger partial charge on any atom is -0.379 e. The van der Waals surface area contributed by atoms with E-state index in [0.29, 0.717) is 24.3 Å². The van der Waals surface area contributed by atoms with E-state index in [1.807, 2.05) is 0 Å². The van der Waals surface area contributed by atoms with E-state index in [-0.39, 0.29) is 16.2 Å². The van der Waals surface area contributed by atoms with Gasteiger partial charge in [0.15, 0.2) is 0 Å². The number of nitrogens with zero attached hydrogens (tertiary/aromatic N) is 1. The number of rotatable bonds is 3. The lowest BCUT2D eigenvalue weighted by Crippen LogP contribution is -2.37. The highest BCUT2D eigenvalue weighted by molar-refractivity contribution is 8.15. The first kappa shape index (κ1) is 14.8. The Hall–Kier alpha value is -0.630. The number of amides is 1. The van der Waals surface area contributed by atoms with Gasteiger partial charge in [0.2, 0.25) is 0 Å². The Bertz CT molecular complexity index is 590. The van der Waals surface area contributed by atoms with E-state index in [0.717, 1.165) is 17.8 Å². The number of carbonyl (C=O) groups is 1. The summed E-state index contributed by atoms with van der Waals surface area (Å²) in [7, 11) is 3.23. The zero-order chi connectivity index (χ0) is 14.2. The quantitative estimate of drug-likeness (QED) is 0.796. The molecule has 1 fully saturated rings. The van der Waals surface area contributed by atoms with E-state index in [9.17, 15) is 13.2 Å². The van der Waals surface area contributed by atoms with E-state index in [4.69, 9.17) is 15.4 Å². The maximum Gasteiger partial charge on any atom is 0.271 e. The van der Waals surface area contributed by atoms with E-state index >= 15 is 0 Å². The third-order valence-corrected chi connectivity index (χ3v) is 6.53. The van der Waals surface area contributed by atoms with Gasteiger partial charge < -0.3 is 9.64 Å². The van der Waals surface area contributed by atoms with Gasteiger partial charge in [0.05, 0.1) is 18.2 Å². The Morgan fingerprint density at radius 3 is 2.74 bits per heavy atom. The van der Waals surface area contributed by atoms with Crippen molar-refractivity contribution in [3.63, 3.8) is 0 Å². The van der Waals surface area contributed by atoms with Crippen LogP contribution in [0.3, 0.4) is 0 Å². The molecule has 1 aromatic heterocycles. The second-order valence-corrected chi connectivity index (χ2v) is 8.07. The molecule has 0 bridgehead atoms. The van der Waals surface area contributed by atoms with Gasteiger partial charge in [-0.2, -0.15) is 0 Å². The average molecular weight is 324 g/mol. The van der Waals surface area contributed by atoms with Crippen LogP contribution >= 0.6 is 22.0 Å². The molecule has 1 unspecified atom stereocenters. The minimum atomic E-state index is -3.80. The van der Waals surface area contributed by atoms with Crippen molar-refractivity contribution < 1.29 is 17.9 Å². The Labute approximate surface area is 120 Å². The topological polar surface area (TPSA) is 63.7 Å². The molecular formula is C11H14ClNO4S2. The molecule has 2 heterocycles.